The van der Waals surface area contributed by atoms with E-state index in [0.717, 1.165) is 57.9 Å². The van der Waals surface area contributed by atoms with E-state index in [1.807, 2.05) is 6.07 Å². The second kappa shape index (κ2) is 10.7. The summed E-state index contributed by atoms with van der Waals surface area (Å²) in [6.45, 7) is 13.4. The minimum absolute atomic E-state index is 0.100. The zero-order valence-electron chi connectivity index (χ0n) is 23.9. The van der Waals surface area contributed by atoms with Gasteiger partial charge in [-0.05, 0) is 75.9 Å². The maximum atomic E-state index is 5.98. The molecule has 0 saturated heterocycles. The van der Waals surface area contributed by atoms with Crippen molar-refractivity contribution in [3.8, 4) is 34.1 Å². The smallest absolute Gasteiger partial charge is 0.231 e. The van der Waals surface area contributed by atoms with Gasteiger partial charge in [-0.15, -0.1) is 6.58 Å². The SMILES string of the molecule is C=CC(C)(Cc1c(-c2cc(Cc3ccccc3)c(OC)c(OC)c2C)ccc2cc3c(cc12)OCO3)C(C)C. The zero-order chi connectivity index (χ0) is 27.7. The van der Waals surface area contributed by atoms with E-state index in [1.165, 1.54) is 22.1 Å². The van der Waals surface area contributed by atoms with Crippen molar-refractivity contribution in [2.45, 2.75) is 40.5 Å². The van der Waals surface area contributed by atoms with Gasteiger partial charge in [-0.3, -0.25) is 0 Å². The molecule has 0 amide bonds. The van der Waals surface area contributed by atoms with Crippen molar-refractivity contribution in [3.05, 3.63) is 95.6 Å². The predicted molar refractivity (Wildman–Crippen MR) is 159 cm³/mol. The first-order chi connectivity index (χ1) is 18.8. The Morgan fingerprint density at radius 3 is 2.26 bits per heavy atom. The molecule has 1 aliphatic rings. The quantitative estimate of drug-likeness (QED) is 0.206. The number of methoxy groups -OCH3 is 2. The number of hydrogen-bond acceptors (Lipinski definition) is 4. The van der Waals surface area contributed by atoms with Crippen molar-refractivity contribution < 1.29 is 18.9 Å². The van der Waals surface area contributed by atoms with E-state index >= 15 is 0 Å². The molecule has 0 saturated carbocycles. The van der Waals surface area contributed by atoms with Gasteiger partial charge in [0.05, 0.1) is 14.2 Å². The molecular weight excluding hydrogens is 484 g/mol. The fraction of sp³-hybridized carbons (Fsp3) is 0.314. The largest absolute Gasteiger partial charge is 0.493 e. The summed E-state index contributed by atoms with van der Waals surface area (Å²) < 4.78 is 23.4. The number of hydrogen-bond donors (Lipinski definition) is 0. The molecule has 1 unspecified atom stereocenters. The van der Waals surface area contributed by atoms with Gasteiger partial charge in [0.1, 0.15) is 0 Å². The van der Waals surface area contributed by atoms with Crippen molar-refractivity contribution >= 4 is 10.8 Å². The highest BCUT2D eigenvalue weighted by molar-refractivity contribution is 5.95. The molecule has 5 rings (SSSR count). The number of fused-ring (bicyclic) bond motifs is 2. The molecule has 0 fully saturated rings. The average Bonchev–Trinajstić information content (AvgIpc) is 3.40. The third-order valence-corrected chi connectivity index (χ3v) is 8.46. The molecule has 0 aromatic heterocycles. The molecular formula is C35H38O4. The second-order valence-electron chi connectivity index (χ2n) is 11.0. The lowest BCUT2D eigenvalue weighted by Crippen LogP contribution is -2.24. The number of allylic oxidation sites excluding steroid dienone is 1. The lowest BCUT2D eigenvalue weighted by molar-refractivity contribution is 0.174. The second-order valence-corrected chi connectivity index (χ2v) is 11.0. The highest BCUT2D eigenvalue weighted by atomic mass is 16.7. The third kappa shape index (κ3) is 4.85. The first-order valence-electron chi connectivity index (χ1n) is 13.6. The molecule has 1 aliphatic heterocycles. The van der Waals surface area contributed by atoms with Crippen molar-refractivity contribution in [1.29, 1.82) is 0 Å². The van der Waals surface area contributed by atoms with Gasteiger partial charge < -0.3 is 18.9 Å². The summed E-state index contributed by atoms with van der Waals surface area (Å²) in [5.41, 5.74) is 6.86. The van der Waals surface area contributed by atoms with Crippen LogP contribution in [0.3, 0.4) is 0 Å². The van der Waals surface area contributed by atoms with Crippen molar-refractivity contribution in [1.82, 2.24) is 0 Å². The van der Waals surface area contributed by atoms with E-state index in [0.29, 0.717) is 5.92 Å². The summed E-state index contributed by atoms with van der Waals surface area (Å²) in [4.78, 5) is 0. The highest BCUT2D eigenvalue weighted by Gasteiger charge is 2.29. The topological polar surface area (TPSA) is 36.9 Å². The van der Waals surface area contributed by atoms with Crippen LogP contribution in [0.4, 0.5) is 0 Å². The Hall–Kier alpha value is -3.92. The molecule has 0 bridgehead atoms. The van der Waals surface area contributed by atoms with Gasteiger partial charge in [0.15, 0.2) is 23.0 Å². The van der Waals surface area contributed by atoms with Crippen molar-refractivity contribution in [3.63, 3.8) is 0 Å². The fourth-order valence-electron chi connectivity index (χ4n) is 5.59. The molecule has 0 N–H and O–H groups in total. The number of benzene rings is 4. The van der Waals surface area contributed by atoms with Crippen LogP contribution in [0.15, 0.2) is 73.3 Å². The lowest BCUT2D eigenvalue weighted by atomic mass is 9.72. The van der Waals surface area contributed by atoms with E-state index in [4.69, 9.17) is 18.9 Å². The van der Waals surface area contributed by atoms with E-state index in [2.05, 4.69) is 94.9 Å². The van der Waals surface area contributed by atoms with Crippen LogP contribution in [0, 0.1) is 18.3 Å². The highest BCUT2D eigenvalue weighted by Crippen LogP contribution is 2.47. The first-order valence-corrected chi connectivity index (χ1v) is 13.6. The molecule has 1 atom stereocenters. The molecule has 0 spiro atoms. The number of ether oxygens (including phenoxy) is 4. The molecule has 4 nitrogen and oxygen atoms in total. The van der Waals surface area contributed by atoms with E-state index in [9.17, 15) is 0 Å². The minimum atomic E-state index is -0.100. The summed E-state index contributed by atoms with van der Waals surface area (Å²) in [7, 11) is 3.43. The summed E-state index contributed by atoms with van der Waals surface area (Å²) in [5.74, 6) is 3.55. The molecule has 4 aromatic rings. The molecule has 4 heteroatoms. The van der Waals surface area contributed by atoms with E-state index in [1.54, 1.807) is 14.2 Å². The third-order valence-electron chi connectivity index (χ3n) is 8.46. The Bertz CT molecular complexity index is 1520. The van der Waals surface area contributed by atoms with Gasteiger partial charge in [0.25, 0.3) is 0 Å². The Labute approximate surface area is 232 Å². The predicted octanol–water partition coefficient (Wildman–Crippen LogP) is 8.54. The summed E-state index contributed by atoms with van der Waals surface area (Å²) in [5, 5.41) is 2.31. The van der Waals surface area contributed by atoms with Crippen LogP contribution in [-0.4, -0.2) is 21.0 Å². The van der Waals surface area contributed by atoms with E-state index < -0.39 is 0 Å². The van der Waals surface area contributed by atoms with E-state index in [-0.39, 0.29) is 12.2 Å². The van der Waals surface area contributed by atoms with Crippen LogP contribution in [-0.2, 0) is 12.8 Å². The van der Waals surface area contributed by atoms with Gasteiger partial charge >= 0.3 is 0 Å². The molecule has 1 heterocycles. The van der Waals surface area contributed by atoms with Crippen LogP contribution in [0.1, 0.15) is 43.0 Å². The summed E-state index contributed by atoms with van der Waals surface area (Å²) in [6.07, 6.45) is 3.68. The monoisotopic (exact) mass is 522 g/mol. The Kier molecular flexibility index (Phi) is 7.31. The van der Waals surface area contributed by atoms with Crippen LogP contribution >= 0.6 is 0 Å². The van der Waals surface area contributed by atoms with Crippen LogP contribution in [0.2, 0.25) is 0 Å². The van der Waals surface area contributed by atoms with Crippen molar-refractivity contribution in [2.75, 3.05) is 21.0 Å². The fourth-order valence-corrected chi connectivity index (χ4v) is 5.59. The Balaban J connectivity index is 1.78. The van der Waals surface area contributed by atoms with Gasteiger partial charge in [-0.2, -0.15) is 0 Å². The zero-order valence-corrected chi connectivity index (χ0v) is 23.9. The summed E-state index contributed by atoms with van der Waals surface area (Å²) >= 11 is 0. The first kappa shape index (κ1) is 26.7. The molecule has 0 radical (unpaired) electrons. The Morgan fingerprint density at radius 2 is 1.62 bits per heavy atom. The van der Waals surface area contributed by atoms with Crippen LogP contribution in [0.25, 0.3) is 21.9 Å². The van der Waals surface area contributed by atoms with Gasteiger partial charge in [0, 0.05) is 17.5 Å². The molecule has 4 aromatic carbocycles. The van der Waals surface area contributed by atoms with Gasteiger partial charge in [-0.25, -0.2) is 0 Å². The molecule has 202 valence electrons. The van der Waals surface area contributed by atoms with Crippen LogP contribution < -0.4 is 18.9 Å². The average molecular weight is 523 g/mol. The summed E-state index contributed by atoms with van der Waals surface area (Å²) in [6, 6.07) is 21.4. The lowest BCUT2D eigenvalue weighted by Gasteiger charge is -2.32. The molecule has 0 aliphatic carbocycles. The Morgan fingerprint density at radius 1 is 0.923 bits per heavy atom. The number of rotatable bonds is 9. The maximum Gasteiger partial charge on any atom is 0.231 e. The van der Waals surface area contributed by atoms with Gasteiger partial charge in [-0.1, -0.05) is 69.3 Å². The molecule has 39 heavy (non-hydrogen) atoms. The maximum absolute atomic E-state index is 5.98. The van der Waals surface area contributed by atoms with Crippen molar-refractivity contribution in [2.24, 2.45) is 11.3 Å². The van der Waals surface area contributed by atoms with Gasteiger partial charge in [0.2, 0.25) is 6.79 Å². The normalized spacial score (nSPS) is 13.9. The standard InChI is InChI=1S/C35H38O4/c1-8-35(5,22(2)3)20-30-27(15-14-25-18-31-32(19-29(25)30)39-21-38-31)28-17-26(16-24-12-10-9-11-13-24)34(37-7)33(36-6)23(28)4/h8-15,17-19,22H,1,16,20-21H2,2-7H3. The van der Waals surface area contributed by atoms with Crippen LogP contribution in [0.5, 0.6) is 23.0 Å². The minimum Gasteiger partial charge on any atom is -0.493 e.